The number of nitrogens with zero attached hydrogens (tertiary/aromatic N) is 2. The van der Waals surface area contributed by atoms with Crippen LogP contribution < -0.4 is 5.56 Å². The molecular formula is C12H17N3O. The molecule has 4 nitrogen and oxygen atoms in total. The maximum absolute atomic E-state index is 11.3. The molecule has 0 aliphatic rings. The summed E-state index contributed by atoms with van der Waals surface area (Å²) in [5, 5.41) is 5.55. The zero-order valence-corrected chi connectivity index (χ0v) is 10.1. The standard InChI is InChI=1S/C12H17N3O/c1-7(2)12-9-5-11(16)13-6-10(9)15(14-12)8(3)4/h5-8H,1-4H3,(H,13,16). The minimum atomic E-state index is -0.0716. The summed E-state index contributed by atoms with van der Waals surface area (Å²) in [4.78, 5) is 14.1. The van der Waals surface area contributed by atoms with Crippen LogP contribution in [0.15, 0.2) is 17.1 Å². The van der Waals surface area contributed by atoms with E-state index in [2.05, 4.69) is 37.8 Å². The van der Waals surface area contributed by atoms with E-state index in [4.69, 9.17) is 0 Å². The molecule has 0 unspecified atom stereocenters. The molecule has 0 aliphatic heterocycles. The fourth-order valence-corrected chi connectivity index (χ4v) is 1.90. The Bertz CT molecular complexity index is 563. The molecule has 2 aromatic rings. The molecule has 2 rings (SSSR count). The monoisotopic (exact) mass is 219 g/mol. The van der Waals surface area contributed by atoms with Gasteiger partial charge < -0.3 is 4.98 Å². The van der Waals surface area contributed by atoms with Gasteiger partial charge in [-0.2, -0.15) is 5.10 Å². The van der Waals surface area contributed by atoms with Crippen LogP contribution in [0.1, 0.15) is 45.3 Å². The molecule has 1 N–H and O–H groups in total. The third-order valence-corrected chi connectivity index (χ3v) is 2.68. The number of aromatic nitrogens is 3. The SMILES string of the molecule is CC(C)c1nn(C(C)C)c2c[nH]c(=O)cc12. The first-order valence-electron chi connectivity index (χ1n) is 5.61. The summed E-state index contributed by atoms with van der Waals surface area (Å²) in [7, 11) is 0. The lowest BCUT2D eigenvalue weighted by Crippen LogP contribution is -2.05. The molecule has 0 atom stereocenters. The molecule has 0 saturated carbocycles. The van der Waals surface area contributed by atoms with Crippen molar-refractivity contribution in [1.29, 1.82) is 0 Å². The molecule has 2 heterocycles. The number of rotatable bonds is 2. The van der Waals surface area contributed by atoms with E-state index in [-0.39, 0.29) is 5.56 Å². The second kappa shape index (κ2) is 3.77. The minimum absolute atomic E-state index is 0.0716. The van der Waals surface area contributed by atoms with Gasteiger partial charge in [0.05, 0.1) is 11.2 Å². The van der Waals surface area contributed by atoms with Crippen molar-refractivity contribution in [3.05, 3.63) is 28.3 Å². The summed E-state index contributed by atoms with van der Waals surface area (Å²) < 4.78 is 1.96. The molecule has 0 aliphatic carbocycles. The van der Waals surface area contributed by atoms with Gasteiger partial charge in [0.2, 0.25) is 5.56 Å². The molecule has 0 aromatic carbocycles. The van der Waals surface area contributed by atoms with Crippen LogP contribution >= 0.6 is 0 Å². The molecule has 0 saturated heterocycles. The van der Waals surface area contributed by atoms with Crippen LogP contribution in [-0.2, 0) is 0 Å². The third-order valence-electron chi connectivity index (χ3n) is 2.68. The Kier molecular flexibility index (Phi) is 2.58. The average Bonchev–Trinajstić information content (AvgIpc) is 2.56. The highest BCUT2D eigenvalue weighted by Gasteiger charge is 2.15. The molecule has 86 valence electrons. The maximum Gasteiger partial charge on any atom is 0.248 e. The highest BCUT2D eigenvalue weighted by atomic mass is 16.1. The molecule has 0 bridgehead atoms. The summed E-state index contributed by atoms with van der Waals surface area (Å²) in [6, 6.07) is 1.93. The minimum Gasteiger partial charge on any atom is -0.327 e. The molecule has 2 aromatic heterocycles. The predicted molar refractivity (Wildman–Crippen MR) is 64.8 cm³/mol. The van der Waals surface area contributed by atoms with Crippen LogP contribution in [0.4, 0.5) is 0 Å². The number of aromatic amines is 1. The van der Waals surface area contributed by atoms with E-state index in [1.54, 1.807) is 12.3 Å². The van der Waals surface area contributed by atoms with Crippen molar-refractivity contribution in [2.75, 3.05) is 0 Å². The van der Waals surface area contributed by atoms with Crippen LogP contribution in [0.25, 0.3) is 10.9 Å². The van der Waals surface area contributed by atoms with Crippen molar-refractivity contribution in [3.63, 3.8) is 0 Å². The second-order valence-electron chi connectivity index (χ2n) is 4.67. The summed E-state index contributed by atoms with van der Waals surface area (Å²) in [5.41, 5.74) is 1.92. The van der Waals surface area contributed by atoms with Crippen molar-refractivity contribution in [2.24, 2.45) is 0 Å². The molecule has 0 spiro atoms. The van der Waals surface area contributed by atoms with E-state index in [0.29, 0.717) is 12.0 Å². The van der Waals surface area contributed by atoms with E-state index >= 15 is 0 Å². The fourth-order valence-electron chi connectivity index (χ4n) is 1.90. The summed E-state index contributed by atoms with van der Waals surface area (Å²) in [6.45, 7) is 8.35. The highest BCUT2D eigenvalue weighted by molar-refractivity contribution is 5.81. The van der Waals surface area contributed by atoms with Gasteiger partial charge in [-0.1, -0.05) is 13.8 Å². The summed E-state index contributed by atoms with van der Waals surface area (Å²) in [5.74, 6) is 0.323. The first-order valence-corrected chi connectivity index (χ1v) is 5.61. The molecule has 0 radical (unpaired) electrons. The Balaban J connectivity index is 2.81. The zero-order valence-electron chi connectivity index (χ0n) is 10.1. The van der Waals surface area contributed by atoms with Crippen molar-refractivity contribution >= 4 is 10.9 Å². The highest BCUT2D eigenvalue weighted by Crippen LogP contribution is 2.25. The van der Waals surface area contributed by atoms with Gasteiger partial charge in [-0.3, -0.25) is 9.48 Å². The first-order chi connectivity index (χ1) is 7.50. The van der Waals surface area contributed by atoms with E-state index in [9.17, 15) is 4.79 Å². The Hall–Kier alpha value is -1.58. The zero-order chi connectivity index (χ0) is 11.9. The average molecular weight is 219 g/mol. The van der Waals surface area contributed by atoms with E-state index < -0.39 is 0 Å². The van der Waals surface area contributed by atoms with Gasteiger partial charge in [0.15, 0.2) is 0 Å². The van der Waals surface area contributed by atoms with Gasteiger partial charge in [-0.15, -0.1) is 0 Å². The molecule has 0 amide bonds. The Morgan fingerprint density at radius 2 is 2.00 bits per heavy atom. The van der Waals surface area contributed by atoms with Gasteiger partial charge in [-0.05, 0) is 19.8 Å². The largest absolute Gasteiger partial charge is 0.327 e. The van der Waals surface area contributed by atoms with Crippen LogP contribution in [0.2, 0.25) is 0 Å². The first kappa shape index (κ1) is 10.9. The van der Waals surface area contributed by atoms with Crippen LogP contribution in [-0.4, -0.2) is 14.8 Å². The second-order valence-corrected chi connectivity index (χ2v) is 4.67. The van der Waals surface area contributed by atoms with Crippen LogP contribution in [0, 0.1) is 0 Å². The number of nitrogens with one attached hydrogen (secondary N) is 1. The number of fused-ring (bicyclic) bond motifs is 1. The summed E-state index contributed by atoms with van der Waals surface area (Å²) >= 11 is 0. The normalized spacial score (nSPS) is 11.9. The van der Waals surface area contributed by atoms with Crippen LogP contribution in [0.3, 0.4) is 0 Å². The molecule has 4 heteroatoms. The molecular weight excluding hydrogens is 202 g/mol. The van der Waals surface area contributed by atoms with Gasteiger partial charge >= 0.3 is 0 Å². The number of hydrogen-bond donors (Lipinski definition) is 1. The van der Waals surface area contributed by atoms with Crippen molar-refractivity contribution in [3.8, 4) is 0 Å². The lowest BCUT2D eigenvalue weighted by Gasteiger charge is -2.06. The van der Waals surface area contributed by atoms with E-state index in [0.717, 1.165) is 16.6 Å². The smallest absolute Gasteiger partial charge is 0.248 e. The van der Waals surface area contributed by atoms with Gasteiger partial charge in [0, 0.05) is 23.7 Å². The van der Waals surface area contributed by atoms with E-state index in [1.807, 2.05) is 4.68 Å². The van der Waals surface area contributed by atoms with Crippen molar-refractivity contribution < 1.29 is 0 Å². The summed E-state index contributed by atoms with van der Waals surface area (Å²) in [6.07, 6.45) is 1.75. The number of H-pyrrole nitrogens is 1. The Morgan fingerprint density at radius 1 is 1.31 bits per heavy atom. The quantitative estimate of drug-likeness (QED) is 0.843. The topological polar surface area (TPSA) is 50.7 Å². The van der Waals surface area contributed by atoms with E-state index in [1.165, 1.54) is 0 Å². The lowest BCUT2D eigenvalue weighted by atomic mass is 10.1. The van der Waals surface area contributed by atoms with Crippen molar-refractivity contribution in [1.82, 2.24) is 14.8 Å². The van der Waals surface area contributed by atoms with Crippen molar-refractivity contribution in [2.45, 2.75) is 39.7 Å². The maximum atomic E-state index is 11.3. The Labute approximate surface area is 94.3 Å². The molecule has 16 heavy (non-hydrogen) atoms. The fraction of sp³-hybridized carbons (Fsp3) is 0.500. The van der Waals surface area contributed by atoms with Gasteiger partial charge in [-0.25, -0.2) is 0 Å². The number of hydrogen-bond acceptors (Lipinski definition) is 2. The lowest BCUT2D eigenvalue weighted by molar-refractivity contribution is 0.539. The number of pyridine rings is 1. The van der Waals surface area contributed by atoms with Crippen LogP contribution in [0.5, 0.6) is 0 Å². The predicted octanol–water partition coefficient (Wildman–Crippen LogP) is 2.43. The Morgan fingerprint density at radius 3 is 2.56 bits per heavy atom. The molecule has 0 fully saturated rings. The third kappa shape index (κ3) is 1.64. The van der Waals surface area contributed by atoms with Gasteiger partial charge in [0.25, 0.3) is 0 Å². The van der Waals surface area contributed by atoms with Gasteiger partial charge in [0.1, 0.15) is 0 Å².